The predicted molar refractivity (Wildman–Crippen MR) is 69.7 cm³/mol. The van der Waals surface area contributed by atoms with E-state index in [1.165, 1.54) is 12.8 Å². The molecule has 1 saturated heterocycles. The molecule has 0 spiro atoms. The first-order valence-electron chi connectivity index (χ1n) is 7.15. The first-order valence-corrected chi connectivity index (χ1v) is 7.15. The van der Waals surface area contributed by atoms with Crippen LogP contribution in [0.3, 0.4) is 0 Å². The molecule has 3 N–H and O–H groups in total. The highest BCUT2D eigenvalue weighted by Crippen LogP contribution is 2.30. The van der Waals surface area contributed by atoms with Gasteiger partial charge < -0.3 is 4.74 Å². The van der Waals surface area contributed by atoms with Crippen molar-refractivity contribution in [2.24, 2.45) is 5.84 Å². The molecule has 1 amide bonds. The number of nitrogens with two attached hydrogens (primary N) is 1. The highest BCUT2D eigenvalue weighted by molar-refractivity contribution is 5.81. The van der Waals surface area contributed by atoms with Crippen LogP contribution in [0.1, 0.15) is 45.4 Å². The maximum Gasteiger partial charge on any atom is 0.251 e. The van der Waals surface area contributed by atoms with Crippen molar-refractivity contribution >= 4 is 5.91 Å². The third-order valence-corrected chi connectivity index (χ3v) is 4.18. The highest BCUT2D eigenvalue weighted by atomic mass is 16.5. The van der Waals surface area contributed by atoms with Gasteiger partial charge >= 0.3 is 0 Å². The zero-order valence-electron chi connectivity index (χ0n) is 11.2. The molecule has 1 heterocycles. The van der Waals surface area contributed by atoms with E-state index in [1.807, 2.05) is 0 Å². The number of nitrogens with one attached hydrogen (secondary N) is 1. The first kappa shape index (κ1) is 13.8. The van der Waals surface area contributed by atoms with E-state index >= 15 is 0 Å². The Morgan fingerprint density at radius 2 is 2.28 bits per heavy atom. The number of morpholine rings is 1. The van der Waals surface area contributed by atoms with E-state index in [-0.39, 0.29) is 11.9 Å². The number of ether oxygens (including phenoxy) is 1. The summed E-state index contributed by atoms with van der Waals surface area (Å²) in [7, 11) is 0. The maximum absolute atomic E-state index is 12.0. The molecule has 104 valence electrons. The van der Waals surface area contributed by atoms with Crippen LogP contribution in [-0.4, -0.2) is 42.1 Å². The summed E-state index contributed by atoms with van der Waals surface area (Å²) in [6.07, 6.45) is 6.93. The van der Waals surface area contributed by atoms with Crippen LogP contribution in [0, 0.1) is 0 Å². The van der Waals surface area contributed by atoms with Crippen LogP contribution in [0.2, 0.25) is 0 Å². The highest BCUT2D eigenvalue weighted by Gasteiger charge is 2.39. The van der Waals surface area contributed by atoms with E-state index in [1.54, 1.807) is 0 Å². The molecule has 0 aromatic carbocycles. The summed E-state index contributed by atoms with van der Waals surface area (Å²) in [6, 6.07) is 0.316. The lowest BCUT2D eigenvalue weighted by molar-refractivity contribution is -0.139. The monoisotopic (exact) mass is 255 g/mol. The third kappa shape index (κ3) is 2.84. The van der Waals surface area contributed by atoms with Crippen molar-refractivity contribution in [2.45, 2.75) is 63.6 Å². The Hall–Kier alpha value is -0.650. The molecule has 5 heteroatoms. The van der Waals surface area contributed by atoms with Crippen LogP contribution in [-0.2, 0) is 9.53 Å². The lowest BCUT2D eigenvalue weighted by Crippen LogP contribution is -2.60. The van der Waals surface area contributed by atoms with Gasteiger partial charge in [0, 0.05) is 12.6 Å². The summed E-state index contributed by atoms with van der Waals surface area (Å²) in [4.78, 5) is 14.3. The molecule has 0 aromatic rings. The molecule has 3 atom stereocenters. The molecule has 0 radical (unpaired) electrons. The summed E-state index contributed by atoms with van der Waals surface area (Å²) in [5.74, 6) is 5.27. The fraction of sp³-hybridized carbons (Fsp3) is 0.923. The molecule has 1 saturated carbocycles. The van der Waals surface area contributed by atoms with Crippen molar-refractivity contribution in [1.29, 1.82) is 0 Å². The lowest BCUT2D eigenvalue weighted by Gasteiger charge is -2.46. The van der Waals surface area contributed by atoms with Gasteiger partial charge in [0.25, 0.3) is 5.91 Å². The molecule has 18 heavy (non-hydrogen) atoms. The van der Waals surface area contributed by atoms with Crippen molar-refractivity contribution in [3.63, 3.8) is 0 Å². The maximum atomic E-state index is 12.0. The second-order valence-corrected chi connectivity index (χ2v) is 5.31. The third-order valence-electron chi connectivity index (χ3n) is 4.18. The number of rotatable bonds is 4. The van der Waals surface area contributed by atoms with Crippen LogP contribution < -0.4 is 11.3 Å². The van der Waals surface area contributed by atoms with E-state index in [0.717, 1.165) is 38.8 Å². The second kappa shape index (κ2) is 6.50. The Kier molecular flexibility index (Phi) is 4.97. The van der Waals surface area contributed by atoms with Gasteiger partial charge in [-0.15, -0.1) is 0 Å². The van der Waals surface area contributed by atoms with E-state index < -0.39 is 0 Å². The zero-order valence-corrected chi connectivity index (χ0v) is 11.2. The molecule has 1 aliphatic carbocycles. The van der Waals surface area contributed by atoms with Crippen LogP contribution in [0.25, 0.3) is 0 Å². The Morgan fingerprint density at radius 3 is 3.00 bits per heavy atom. The molecule has 5 nitrogen and oxygen atoms in total. The lowest BCUT2D eigenvalue weighted by atomic mass is 9.88. The SMILES string of the molecule is CCCC(C(=O)NN)N1CCOC2CCCCC21. The number of fused-ring (bicyclic) bond motifs is 1. The predicted octanol–water partition coefficient (Wildman–Crippen LogP) is 0.788. The smallest absolute Gasteiger partial charge is 0.251 e. The van der Waals surface area contributed by atoms with Crippen LogP contribution in [0.5, 0.6) is 0 Å². The van der Waals surface area contributed by atoms with Gasteiger partial charge in [-0.05, 0) is 19.3 Å². The van der Waals surface area contributed by atoms with Gasteiger partial charge in [0.15, 0.2) is 0 Å². The minimum absolute atomic E-state index is 0.0527. The quantitative estimate of drug-likeness (QED) is 0.443. The van der Waals surface area contributed by atoms with Crippen LogP contribution in [0.15, 0.2) is 0 Å². The van der Waals surface area contributed by atoms with Crippen LogP contribution >= 0.6 is 0 Å². The molecule has 2 aliphatic rings. The van der Waals surface area contributed by atoms with Gasteiger partial charge in [-0.3, -0.25) is 15.1 Å². The number of carbonyl (C=O) groups excluding carboxylic acids is 1. The molecule has 2 rings (SSSR count). The topological polar surface area (TPSA) is 67.6 Å². The summed E-state index contributed by atoms with van der Waals surface area (Å²) in [6.45, 7) is 3.69. The van der Waals surface area contributed by atoms with Gasteiger partial charge in [-0.2, -0.15) is 0 Å². The van der Waals surface area contributed by atoms with Gasteiger partial charge in [-0.25, -0.2) is 5.84 Å². The molecular formula is C13H25N3O2. The van der Waals surface area contributed by atoms with Gasteiger partial charge in [0.05, 0.1) is 18.8 Å². The molecule has 1 aliphatic heterocycles. The van der Waals surface area contributed by atoms with Crippen molar-refractivity contribution in [3.05, 3.63) is 0 Å². The van der Waals surface area contributed by atoms with Crippen molar-refractivity contribution in [3.8, 4) is 0 Å². The van der Waals surface area contributed by atoms with Crippen LogP contribution in [0.4, 0.5) is 0 Å². The minimum Gasteiger partial charge on any atom is -0.375 e. The Balaban J connectivity index is 2.09. The van der Waals surface area contributed by atoms with Gasteiger partial charge in [-0.1, -0.05) is 26.2 Å². The van der Waals surface area contributed by atoms with Crippen molar-refractivity contribution < 1.29 is 9.53 Å². The van der Waals surface area contributed by atoms with Crippen molar-refractivity contribution in [2.75, 3.05) is 13.2 Å². The molecule has 0 bridgehead atoms. The van der Waals surface area contributed by atoms with E-state index in [0.29, 0.717) is 12.1 Å². The Morgan fingerprint density at radius 1 is 1.50 bits per heavy atom. The number of hydrogen-bond donors (Lipinski definition) is 2. The second-order valence-electron chi connectivity index (χ2n) is 5.31. The van der Waals surface area contributed by atoms with Gasteiger partial charge in [0.2, 0.25) is 0 Å². The minimum atomic E-state index is -0.0884. The number of nitrogens with zero attached hydrogens (tertiary/aromatic N) is 1. The molecule has 2 fully saturated rings. The van der Waals surface area contributed by atoms with E-state index in [2.05, 4.69) is 17.2 Å². The fourth-order valence-corrected chi connectivity index (χ4v) is 3.33. The van der Waals surface area contributed by atoms with E-state index in [9.17, 15) is 4.79 Å². The standard InChI is InChI=1S/C13H25N3O2/c1-2-5-11(13(17)15-14)16-8-9-18-12-7-4-3-6-10(12)16/h10-12H,2-9,14H2,1H3,(H,15,17). The summed E-state index contributed by atoms with van der Waals surface area (Å²) < 4.78 is 5.85. The Labute approximate surface area is 109 Å². The normalized spacial score (nSPS) is 30.6. The summed E-state index contributed by atoms with van der Waals surface area (Å²) in [5.41, 5.74) is 2.32. The number of hydrogen-bond acceptors (Lipinski definition) is 4. The van der Waals surface area contributed by atoms with E-state index in [4.69, 9.17) is 10.6 Å². The first-order chi connectivity index (χ1) is 8.77. The Bertz CT molecular complexity index is 283. The molecular weight excluding hydrogens is 230 g/mol. The summed E-state index contributed by atoms with van der Waals surface area (Å²) in [5, 5.41) is 0. The number of carbonyl (C=O) groups is 1. The molecule has 0 aromatic heterocycles. The average Bonchev–Trinajstić information content (AvgIpc) is 2.43. The average molecular weight is 255 g/mol. The van der Waals surface area contributed by atoms with Gasteiger partial charge in [0.1, 0.15) is 0 Å². The van der Waals surface area contributed by atoms with Crippen molar-refractivity contribution in [1.82, 2.24) is 10.3 Å². The zero-order chi connectivity index (χ0) is 13.0. The number of amides is 1. The fourth-order valence-electron chi connectivity index (χ4n) is 3.33. The summed E-state index contributed by atoms with van der Waals surface area (Å²) >= 11 is 0. The molecule has 3 unspecified atom stereocenters. The largest absolute Gasteiger partial charge is 0.375 e. The number of hydrazine groups is 1.